The van der Waals surface area contributed by atoms with E-state index in [0.29, 0.717) is 13.1 Å². The smallest absolute Gasteiger partial charge is 0.239 e. The number of sulfone groups is 1. The molecule has 0 bridgehead atoms. The van der Waals surface area contributed by atoms with E-state index < -0.39 is 26.5 Å². The summed E-state index contributed by atoms with van der Waals surface area (Å²) in [5.74, 6) is -2.32. The SMILES string of the molecule is O=S1(=O)CCN(Cc2cccc(Br)c2)c2c(F)nc(N3CCCCC3)c(F)c21. The van der Waals surface area contributed by atoms with Crippen molar-refractivity contribution in [3.63, 3.8) is 0 Å². The molecule has 0 amide bonds. The van der Waals surface area contributed by atoms with E-state index >= 15 is 8.78 Å². The monoisotopic (exact) mass is 471 g/mol. The Kier molecular flexibility index (Phi) is 5.30. The third-order valence-electron chi connectivity index (χ3n) is 5.19. The van der Waals surface area contributed by atoms with Crippen molar-refractivity contribution < 1.29 is 17.2 Å². The number of pyridine rings is 1. The summed E-state index contributed by atoms with van der Waals surface area (Å²) in [4.78, 5) is 6.50. The summed E-state index contributed by atoms with van der Waals surface area (Å²) >= 11 is 3.39. The highest BCUT2D eigenvalue weighted by atomic mass is 79.9. The summed E-state index contributed by atoms with van der Waals surface area (Å²) in [6.45, 7) is 1.44. The fourth-order valence-corrected chi connectivity index (χ4v) is 5.81. The maximum atomic E-state index is 15.3. The molecule has 1 aromatic carbocycles. The second-order valence-electron chi connectivity index (χ2n) is 7.14. The van der Waals surface area contributed by atoms with Gasteiger partial charge in [-0.05, 0) is 37.0 Å². The van der Waals surface area contributed by atoms with Gasteiger partial charge >= 0.3 is 0 Å². The van der Waals surface area contributed by atoms with Crippen LogP contribution in [0.15, 0.2) is 33.6 Å². The second kappa shape index (κ2) is 7.59. The van der Waals surface area contributed by atoms with Crippen LogP contribution in [0, 0.1) is 11.8 Å². The van der Waals surface area contributed by atoms with Crippen LogP contribution in [0.25, 0.3) is 0 Å². The number of halogens is 3. The van der Waals surface area contributed by atoms with Crippen LogP contribution in [0.1, 0.15) is 24.8 Å². The zero-order chi connectivity index (χ0) is 19.9. The molecule has 1 saturated heterocycles. The summed E-state index contributed by atoms with van der Waals surface area (Å²) in [6, 6.07) is 7.43. The lowest BCUT2D eigenvalue weighted by Crippen LogP contribution is -2.38. The van der Waals surface area contributed by atoms with Crippen LogP contribution in [-0.2, 0) is 16.4 Å². The van der Waals surface area contributed by atoms with Gasteiger partial charge in [-0.25, -0.2) is 12.8 Å². The van der Waals surface area contributed by atoms with E-state index in [4.69, 9.17) is 0 Å². The molecule has 2 aliphatic rings. The minimum atomic E-state index is -3.92. The fraction of sp³-hybridized carbons (Fsp3) is 0.421. The predicted molar refractivity (Wildman–Crippen MR) is 107 cm³/mol. The summed E-state index contributed by atoms with van der Waals surface area (Å²) in [7, 11) is -3.92. The molecule has 0 saturated carbocycles. The third-order valence-corrected chi connectivity index (χ3v) is 7.39. The van der Waals surface area contributed by atoms with Crippen molar-refractivity contribution in [2.24, 2.45) is 0 Å². The Morgan fingerprint density at radius 3 is 2.57 bits per heavy atom. The van der Waals surface area contributed by atoms with E-state index in [1.165, 1.54) is 0 Å². The molecule has 0 unspecified atom stereocenters. The fourth-order valence-electron chi connectivity index (χ4n) is 3.83. The number of rotatable bonds is 3. The molecule has 4 rings (SSSR count). The van der Waals surface area contributed by atoms with Gasteiger partial charge in [0.25, 0.3) is 0 Å². The quantitative estimate of drug-likeness (QED) is 0.635. The lowest BCUT2D eigenvalue weighted by molar-refractivity contribution is 0.499. The Hall–Kier alpha value is -1.74. The molecule has 1 aromatic heterocycles. The number of anilines is 2. The molecule has 9 heteroatoms. The van der Waals surface area contributed by atoms with Crippen LogP contribution in [-0.4, -0.2) is 38.8 Å². The van der Waals surface area contributed by atoms with Gasteiger partial charge in [-0.3, -0.25) is 0 Å². The standard InChI is InChI=1S/C19H20BrF2N3O2S/c20-14-6-4-5-13(11-14)12-25-9-10-28(26,27)17-15(21)19(23-18(22)16(17)25)24-7-2-1-3-8-24/h4-6,11H,1-3,7-10,12H2. The number of aromatic nitrogens is 1. The van der Waals surface area contributed by atoms with Crippen LogP contribution in [0.5, 0.6) is 0 Å². The first kappa shape index (κ1) is 19.6. The molecular formula is C19H20BrF2N3O2S. The van der Waals surface area contributed by atoms with Gasteiger partial charge in [0.15, 0.2) is 21.5 Å². The molecule has 0 aliphatic carbocycles. The number of hydrogen-bond donors (Lipinski definition) is 0. The second-order valence-corrected chi connectivity index (χ2v) is 10.1. The van der Waals surface area contributed by atoms with Crippen LogP contribution >= 0.6 is 15.9 Å². The van der Waals surface area contributed by atoms with Gasteiger partial charge in [-0.15, -0.1) is 0 Å². The van der Waals surface area contributed by atoms with Crippen LogP contribution < -0.4 is 9.80 Å². The average Bonchev–Trinajstić information content (AvgIpc) is 2.66. The van der Waals surface area contributed by atoms with Crippen molar-refractivity contribution >= 4 is 37.3 Å². The van der Waals surface area contributed by atoms with Gasteiger partial charge in [-0.1, -0.05) is 28.1 Å². The molecule has 28 heavy (non-hydrogen) atoms. The molecule has 150 valence electrons. The lowest BCUT2D eigenvalue weighted by Gasteiger charge is -2.34. The van der Waals surface area contributed by atoms with E-state index in [9.17, 15) is 8.42 Å². The van der Waals surface area contributed by atoms with E-state index in [1.807, 2.05) is 24.3 Å². The molecule has 2 aliphatic heterocycles. The molecule has 2 aromatic rings. The highest BCUT2D eigenvalue weighted by molar-refractivity contribution is 9.10. The molecule has 3 heterocycles. The molecule has 5 nitrogen and oxygen atoms in total. The molecule has 0 atom stereocenters. The molecule has 0 spiro atoms. The van der Waals surface area contributed by atoms with Crippen LogP contribution in [0.2, 0.25) is 0 Å². The molecule has 1 fully saturated rings. The van der Waals surface area contributed by atoms with Gasteiger partial charge in [0.05, 0.1) is 5.75 Å². The zero-order valence-corrected chi connectivity index (χ0v) is 17.6. The number of benzene rings is 1. The molecule has 0 N–H and O–H groups in total. The first-order valence-corrected chi connectivity index (χ1v) is 11.7. The highest BCUT2D eigenvalue weighted by Gasteiger charge is 2.38. The largest absolute Gasteiger partial charge is 0.361 e. The first-order valence-electron chi connectivity index (χ1n) is 9.23. The van der Waals surface area contributed by atoms with Crippen molar-refractivity contribution in [1.29, 1.82) is 0 Å². The topological polar surface area (TPSA) is 53.5 Å². The van der Waals surface area contributed by atoms with Crippen molar-refractivity contribution in [1.82, 2.24) is 4.98 Å². The maximum absolute atomic E-state index is 15.3. The number of piperidine rings is 1. The molecule has 0 radical (unpaired) electrons. The zero-order valence-electron chi connectivity index (χ0n) is 15.2. The van der Waals surface area contributed by atoms with Gasteiger partial charge in [0, 0.05) is 30.7 Å². The Morgan fingerprint density at radius 1 is 1.11 bits per heavy atom. The van der Waals surface area contributed by atoms with Crippen LogP contribution in [0.3, 0.4) is 0 Å². The number of nitrogens with zero attached hydrogens (tertiary/aromatic N) is 3. The van der Waals surface area contributed by atoms with E-state index in [1.54, 1.807) is 9.80 Å². The number of fused-ring (bicyclic) bond motifs is 1. The van der Waals surface area contributed by atoms with Gasteiger partial charge in [0.1, 0.15) is 10.6 Å². The highest BCUT2D eigenvalue weighted by Crippen LogP contribution is 2.39. The van der Waals surface area contributed by atoms with E-state index in [0.717, 1.165) is 29.3 Å². The van der Waals surface area contributed by atoms with Crippen LogP contribution in [0.4, 0.5) is 20.3 Å². The normalized spacial score (nSPS) is 18.8. The Morgan fingerprint density at radius 2 is 1.86 bits per heavy atom. The molecular weight excluding hydrogens is 452 g/mol. The average molecular weight is 472 g/mol. The van der Waals surface area contributed by atoms with Gasteiger partial charge < -0.3 is 9.80 Å². The maximum Gasteiger partial charge on any atom is 0.239 e. The van der Waals surface area contributed by atoms with Gasteiger partial charge in [0.2, 0.25) is 5.95 Å². The summed E-state index contributed by atoms with van der Waals surface area (Å²) in [6.07, 6.45) is 2.72. The number of hydrogen-bond acceptors (Lipinski definition) is 5. The third kappa shape index (κ3) is 3.61. The lowest BCUT2D eigenvalue weighted by atomic mass is 10.1. The summed E-state index contributed by atoms with van der Waals surface area (Å²) in [5.41, 5.74) is 0.601. The van der Waals surface area contributed by atoms with E-state index in [-0.39, 0.29) is 30.3 Å². The van der Waals surface area contributed by atoms with E-state index in [2.05, 4.69) is 20.9 Å². The minimum Gasteiger partial charge on any atom is -0.361 e. The predicted octanol–water partition coefficient (Wildman–Crippen LogP) is 3.91. The minimum absolute atomic E-state index is 0.0863. The Bertz CT molecular complexity index is 1010. The Labute approximate surface area is 171 Å². The first-order chi connectivity index (χ1) is 13.4. The van der Waals surface area contributed by atoms with Crippen molar-refractivity contribution in [2.45, 2.75) is 30.7 Å². The van der Waals surface area contributed by atoms with Crippen molar-refractivity contribution in [3.05, 3.63) is 46.1 Å². The van der Waals surface area contributed by atoms with Crippen molar-refractivity contribution in [3.8, 4) is 0 Å². The Balaban J connectivity index is 1.79. The van der Waals surface area contributed by atoms with Crippen molar-refractivity contribution in [2.75, 3.05) is 35.2 Å². The summed E-state index contributed by atoms with van der Waals surface area (Å²) < 4.78 is 56.5. The van der Waals surface area contributed by atoms with Gasteiger partial charge in [-0.2, -0.15) is 9.37 Å². The summed E-state index contributed by atoms with van der Waals surface area (Å²) in [5, 5.41) is 0.